The van der Waals surface area contributed by atoms with E-state index in [2.05, 4.69) is 10.3 Å². The smallest absolute Gasteiger partial charge is 0.273 e. The number of fused-ring (bicyclic) bond motifs is 1. The number of ether oxygens (including phenoxy) is 1. The predicted octanol–water partition coefficient (Wildman–Crippen LogP) is 4.60. The molecule has 10 heteroatoms. The Bertz CT molecular complexity index is 993. The van der Waals surface area contributed by atoms with Crippen LogP contribution in [0.3, 0.4) is 0 Å². The van der Waals surface area contributed by atoms with Crippen molar-refractivity contribution in [3.8, 4) is 5.75 Å². The van der Waals surface area contributed by atoms with E-state index >= 15 is 0 Å². The first kappa shape index (κ1) is 18.4. The SMILES string of the molecule is COc1cc([N+](=O)[O-])ccc1NC(=O)CSc1nc2cc(Cl)ccc2s1. The molecule has 3 rings (SSSR count). The normalized spacial score (nSPS) is 10.7. The number of thioether (sulfide) groups is 1. The number of non-ortho nitro benzene ring substituents is 1. The molecule has 0 saturated heterocycles. The summed E-state index contributed by atoms with van der Waals surface area (Å²) >= 11 is 8.73. The fourth-order valence-corrected chi connectivity index (χ4v) is 4.17. The maximum Gasteiger partial charge on any atom is 0.273 e. The standard InChI is InChI=1S/C16H12ClN3O4S2/c1-24-13-7-10(20(22)23)3-4-11(13)18-15(21)8-25-16-19-12-6-9(17)2-5-14(12)26-16/h2-7H,8H2,1H3,(H,18,21). The lowest BCUT2D eigenvalue weighted by Gasteiger charge is -2.09. The van der Waals surface area contributed by atoms with Crippen LogP contribution in [-0.2, 0) is 4.79 Å². The number of hydrogen-bond donors (Lipinski definition) is 1. The molecule has 0 bridgehead atoms. The molecule has 2 aromatic carbocycles. The number of nitrogens with one attached hydrogen (secondary N) is 1. The van der Waals surface area contributed by atoms with Crippen molar-refractivity contribution in [2.24, 2.45) is 0 Å². The maximum absolute atomic E-state index is 12.2. The summed E-state index contributed by atoms with van der Waals surface area (Å²) in [5.74, 6) is 0.111. The highest BCUT2D eigenvalue weighted by Gasteiger charge is 2.14. The van der Waals surface area contributed by atoms with Gasteiger partial charge in [-0.2, -0.15) is 0 Å². The molecule has 0 unspecified atom stereocenters. The van der Waals surface area contributed by atoms with E-state index in [-0.39, 0.29) is 23.1 Å². The van der Waals surface area contributed by atoms with Crippen LogP contribution in [0.2, 0.25) is 5.02 Å². The second kappa shape index (κ2) is 7.90. The fraction of sp³-hybridized carbons (Fsp3) is 0.125. The van der Waals surface area contributed by atoms with Crippen molar-refractivity contribution in [3.05, 3.63) is 51.5 Å². The van der Waals surface area contributed by atoms with E-state index in [1.165, 1.54) is 48.4 Å². The lowest BCUT2D eigenvalue weighted by atomic mass is 10.2. The van der Waals surface area contributed by atoms with Crippen molar-refractivity contribution in [3.63, 3.8) is 0 Å². The summed E-state index contributed by atoms with van der Waals surface area (Å²) < 4.78 is 6.85. The molecule has 7 nitrogen and oxygen atoms in total. The first-order chi connectivity index (χ1) is 12.5. The summed E-state index contributed by atoms with van der Waals surface area (Å²) in [5, 5.41) is 14.1. The minimum Gasteiger partial charge on any atom is -0.494 e. The number of carbonyl (C=O) groups is 1. The third-order valence-electron chi connectivity index (χ3n) is 3.33. The summed E-state index contributed by atoms with van der Waals surface area (Å²) in [4.78, 5) is 26.9. The van der Waals surface area contributed by atoms with Crippen LogP contribution in [0.1, 0.15) is 0 Å². The molecule has 0 fully saturated rings. The van der Waals surface area contributed by atoms with Gasteiger partial charge >= 0.3 is 0 Å². The summed E-state index contributed by atoms with van der Waals surface area (Å²) in [6, 6.07) is 9.48. The molecule has 1 amide bonds. The van der Waals surface area contributed by atoms with Gasteiger partial charge in [-0.3, -0.25) is 14.9 Å². The van der Waals surface area contributed by atoms with Crippen molar-refractivity contribution >= 4 is 62.2 Å². The van der Waals surface area contributed by atoms with E-state index in [1.54, 1.807) is 12.1 Å². The number of amides is 1. The number of methoxy groups -OCH3 is 1. The summed E-state index contributed by atoms with van der Waals surface area (Å²) in [5.41, 5.74) is 1.06. The highest BCUT2D eigenvalue weighted by atomic mass is 35.5. The average molecular weight is 410 g/mol. The molecular weight excluding hydrogens is 398 g/mol. The van der Waals surface area contributed by atoms with Gasteiger partial charge in [-0.15, -0.1) is 11.3 Å². The van der Waals surface area contributed by atoms with Gasteiger partial charge in [0.1, 0.15) is 5.75 Å². The van der Waals surface area contributed by atoms with Gasteiger partial charge in [-0.25, -0.2) is 4.98 Å². The van der Waals surface area contributed by atoms with Crippen molar-refractivity contribution in [2.45, 2.75) is 4.34 Å². The molecule has 1 heterocycles. The predicted molar refractivity (Wildman–Crippen MR) is 104 cm³/mol. The molecule has 0 atom stereocenters. The quantitative estimate of drug-likeness (QED) is 0.363. The largest absolute Gasteiger partial charge is 0.494 e. The molecule has 1 N–H and O–H groups in total. The van der Waals surface area contributed by atoms with Crippen LogP contribution in [0.15, 0.2) is 40.7 Å². The third-order valence-corrected chi connectivity index (χ3v) is 5.74. The molecule has 3 aromatic rings. The molecule has 0 aliphatic carbocycles. The van der Waals surface area contributed by atoms with Gasteiger partial charge in [0.25, 0.3) is 5.69 Å². The molecule has 0 aliphatic rings. The highest BCUT2D eigenvalue weighted by molar-refractivity contribution is 8.01. The first-order valence-corrected chi connectivity index (χ1v) is 9.45. The lowest BCUT2D eigenvalue weighted by Crippen LogP contribution is -2.14. The third kappa shape index (κ3) is 4.24. The van der Waals surface area contributed by atoms with Crippen LogP contribution in [0.4, 0.5) is 11.4 Å². The molecule has 26 heavy (non-hydrogen) atoms. The number of nitrogens with zero attached hydrogens (tertiary/aromatic N) is 2. The molecule has 0 spiro atoms. The summed E-state index contributed by atoms with van der Waals surface area (Å²) in [6.07, 6.45) is 0. The molecule has 0 radical (unpaired) electrons. The Labute approximate surface area is 161 Å². The second-order valence-electron chi connectivity index (χ2n) is 5.07. The fourth-order valence-electron chi connectivity index (χ4n) is 2.15. The minimum absolute atomic E-state index is 0.109. The van der Waals surface area contributed by atoms with E-state index in [9.17, 15) is 14.9 Å². The number of thiazole rings is 1. The topological polar surface area (TPSA) is 94.4 Å². The van der Waals surface area contributed by atoms with E-state index in [4.69, 9.17) is 16.3 Å². The Morgan fingerprint density at radius 3 is 2.92 bits per heavy atom. The zero-order valence-corrected chi connectivity index (χ0v) is 15.8. The number of hydrogen-bond acceptors (Lipinski definition) is 7. The van der Waals surface area contributed by atoms with Gasteiger partial charge in [0.05, 0.1) is 39.8 Å². The zero-order chi connectivity index (χ0) is 18.7. The Hall–Kier alpha value is -2.36. The van der Waals surface area contributed by atoms with Crippen LogP contribution >= 0.6 is 34.7 Å². The zero-order valence-electron chi connectivity index (χ0n) is 13.4. The monoisotopic (exact) mass is 409 g/mol. The number of aromatic nitrogens is 1. The van der Waals surface area contributed by atoms with Crippen LogP contribution in [-0.4, -0.2) is 28.7 Å². The van der Waals surface area contributed by atoms with Crippen molar-refractivity contribution in [2.75, 3.05) is 18.2 Å². The van der Waals surface area contributed by atoms with Gasteiger partial charge in [0, 0.05) is 11.1 Å². The number of benzene rings is 2. The number of rotatable bonds is 6. The molecule has 0 saturated carbocycles. The molecule has 1 aromatic heterocycles. The van der Waals surface area contributed by atoms with E-state index in [0.29, 0.717) is 10.7 Å². The molecule has 0 aliphatic heterocycles. The van der Waals surface area contributed by atoms with E-state index in [0.717, 1.165) is 14.6 Å². The van der Waals surface area contributed by atoms with Crippen LogP contribution < -0.4 is 10.1 Å². The highest BCUT2D eigenvalue weighted by Crippen LogP contribution is 2.32. The number of carbonyl (C=O) groups excluding carboxylic acids is 1. The van der Waals surface area contributed by atoms with Gasteiger partial charge in [0.2, 0.25) is 5.91 Å². The van der Waals surface area contributed by atoms with Crippen LogP contribution in [0.25, 0.3) is 10.2 Å². The number of nitro groups is 1. The second-order valence-corrected chi connectivity index (χ2v) is 7.76. The van der Waals surface area contributed by atoms with Gasteiger partial charge in [-0.05, 0) is 24.3 Å². The number of halogens is 1. The van der Waals surface area contributed by atoms with Crippen molar-refractivity contribution in [1.82, 2.24) is 4.98 Å². The van der Waals surface area contributed by atoms with Crippen LogP contribution in [0.5, 0.6) is 5.75 Å². The molecular formula is C16H12ClN3O4S2. The van der Waals surface area contributed by atoms with Gasteiger partial charge in [-0.1, -0.05) is 23.4 Å². The first-order valence-electron chi connectivity index (χ1n) is 7.27. The average Bonchev–Trinajstić information content (AvgIpc) is 3.02. The summed E-state index contributed by atoms with van der Waals surface area (Å²) in [6.45, 7) is 0. The Kier molecular flexibility index (Phi) is 5.60. The van der Waals surface area contributed by atoms with Crippen LogP contribution in [0, 0.1) is 10.1 Å². The number of anilines is 1. The molecule has 134 valence electrons. The van der Waals surface area contributed by atoms with E-state index < -0.39 is 4.92 Å². The minimum atomic E-state index is -0.524. The van der Waals surface area contributed by atoms with Crippen molar-refractivity contribution < 1.29 is 14.5 Å². The number of nitro benzene ring substituents is 1. The van der Waals surface area contributed by atoms with Gasteiger partial charge in [0.15, 0.2) is 4.34 Å². The van der Waals surface area contributed by atoms with Crippen molar-refractivity contribution in [1.29, 1.82) is 0 Å². The summed E-state index contributed by atoms with van der Waals surface area (Å²) in [7, 11) is 1.38. The Morgan fingerprint density at radius 1 is 1.38 bits per heavy atom. The lowest BCUT2D eigenvalue weighted by molar-refractivity contribution is -0.384. The van der Waals surface area contributed by atoms with E-state index in [1.807, 2.05) is 6.07 Å². The van der Waals surface area contributed by atoms with Gasteiger partial charge < -0.3 is 10.1 Å². The maximum atomic E-state index is 12.2. The Balaban J connectivity index is 1.65. The Morgan fingerprint density at radius 2 is 2.19 bits per heavy atom.